The summed E-state index contributed by atoms with van der Waals surface area (Å²) in [6.07, 6.45) is 2.79. The Bertz CT molecular complexity index is 542. The molecular formula is C15H20N4O. The van der Waals surface area contributed by atoms with Gasteiger partial charge >= 0.3 is 0 Å². The van der Waals surface area contributed by atoms with Crippen molar-refractivity contribution in [2.75, 3.05) is 17.7 Å². The second-order valence-corrected chi connectivity index (χ2v) is 4.57. The third-order valence-corrected chi connectivity index (χ3v) is 3.01. The molecule has 20 heavy (non-hydrogen) atoms. The van der Waals surface area contributed by atoms with E-state index in [1.807, 2.05) is 30.3 Å². The Balaban J connectivity index is 2.06. The molecule has 0 amide bonds. The molecular weight excluding hydrogens is 252 g/mol. The van der Waals surface area contributed by atoms with Crippen LogP contribution in [0.2, 0.25) is 0 Å². The van der Waals surface area contributed by atoms with Crippen LogP contribution >= 0.6 is 0 Å². The third-order valence-electron chi connectivity index (χ3n) is 3.01. The first-order chi connectivity index (χ1) is 9.71. The quantitative estimate of drug-likeness (QED) is 0.843. The van der Waals surface area contributed by atoms with Gasteiger partial charge in [0.05, 0.1) is 7.11 Å². The minimum Gasteiger partial charge on any atom is -0.497 e. The molecule has 0 fully saturated rings. The van der Waals surface area contributed by atoms with Gasteiger partial charge in [-0.25, -0.2) is 4.98 Å². The van der Waals surface area contributed by atoms with Gasteiger partial charge in [0, 0.05) is 17.9 Å². The Morgan fingerprint density at radius 1 is 1.20 bits per heavy atom. The number of methoxy groups -OCH3 is 1. The van der Waals surface area contributed by atoms with E-state index < -0.39 is 0 Å². The fraction of sp³-hybridized carbons (Fsp3) is 0.333. The van der Waals surface area contributed by atoms with Crippen molar-refractivity contribution >= 4 is 17.5 Å². The van der Waals surface area contributed by atoms with Gasteiger partial charge in [-0.05, 0) is 43.7 Å². The Hall–Kier alpha value is -2.30. The molecule has 1 aromatic carbocycles. The topological polar surface area (TPSA) is 59.1 Å². The summed E-state index contributed by atoms with van der Waals surface area (Å²) < 4.78 is 5.13. The maximum Gasteiger partial charge on any atom is 0.229 e. The Labute approximate surface area is 119 Å². The van der Waals surface area contributed by atoms with Gasteiger partial charge in [-0.15, -0.1) is 0 Å². The van der Waals surface area contributed by atoms with E-state index in [4.69, 9.17) is 4.74 Å². The van der Waals surface area contributed by atoms with E-state index in [2.05, 4.69) is 34.4 Å². The fourth-order valence-corrected chi connectivity index (χ4v) is 1.66. The van der Waals surface area contributed by atoms with Crippen molar-refractivity contribution in [1.29, 1.82) is 0 Å². The summed E-state index contributed by atoms with van der Waals surface area (Å²) in [6.45, 7) is 4.26. The monoisotopic (exact) mass is 272 g/mol. The minimum absolute atomic E-state index is 0.388. The van der Waals surface area contributed by atoms with Crippen molar-refractivity contribution in [1.82, 2.24) is 9.97 Å². The van der Waals surface area contributed by atoms with E-state index in [1.54, 1.807) is 13.3 Å². The standard InChI is InChI=1S/C15H20N4O/c1-4-11(2)17-14-9-10-16-15(19-14)18-12-5-7-13(20-3)8-6-12/h5-11H,4H2,1-3H3,(H2,16,17,18,19). The van der Waals surface area contributed by atoms with E-state index >= 15 is 0 Å². The molecule has 1 atom stereocenters. The molecule has 2 aromatic rings. The van der Waals surface area contributed by atoms with Crippen LogP contribution < -0.4 is 15.4 Å². The molecule has 0 aliphatic rings. The zero-order valence-corrected chi connectivity index (χ0v) is 12.1. The highest BCUT2D eigenvalue weighted by Gasteiger charge is 2.03. The molecule has 0 bridgehead atoms. The molecule has 0 aliphatic heterocycles. The summed E-state index contributed by atoms with van der Waals surface area (Å²) in [7, 11) is 1.65. The molecule has 0 spiro atoms. The van der Waals surface area contributed by atoms with Gasteiger partial charge < -0.3 is 15.4 Å². The van der Waals surface area contributed by atoms with Gasteiger partial charge in [0.15, 0.2) is 0 Å². The third kappa shape index (κ3) is 3.85. The number of hydrogen-bond acceptors (Lipinski definition) is 5. The van der Waals surface area contributed by atoms with Crippen molar-refractivity contribution in [3.8, 4) is 5.75 Å². The number of ether oxygens (including phenoxy) is 1. The highest BCUT2D eigenvalue weighted by atomic mass is 16.5. The van der Waals surface area contributed by atoms with Gasteiger partial charge in [-0.1, -0.05) is 6.92 Å². The van der Waals surface area contributed by atoms with E-state index in [1.165, 1.54) is 0 Å². The van der Waals surface area contributed by atoms with Crippen molar-refractivity contribution in [2.45, 2.75) is 26.3 Å². The van der Waals surface area contributed by atoms with Crippen molar-refractivity contribution in [3.63, 3.8) is 0 Å². The summed E-state index contributed by atoms with van der Waals surface area (Å²) in [5, 5.41) is 6.49. The average Bonchev–Trinajstić information content (AvgIpc) is 2.48. The number of nitrogens with one attached hydrogen (secondary N) is 2. The van der Waals surface area contributed by atoms with Gasteiger partial charge in [-0.3, -0.25) is 0 Å². The highest BCUT2D eigenvalue weighted by Crippen LogP contribution is 2.18. The Morgan fingerprint density at radius 3 is 2.60 bits per heavy atom. The molecule has 5 heteroatoms. The van der Waals surface area contributed by atoms with Crippen LogP contribution in [0, 0.1) is 0 Å². The van der Waals surface area contributed by atoms with Crippen molar-refractivity contribution < 1.29 is 4.74 Å². The first kappa shape index (κ1) is 14.1. The van der Waals surface area contributed by atoms with Crippen LogP contribution in [0.3, 0.4) is 0 Å². The first-order valence-corrected chi connectivity index (χ1v) is 6.72. The second-order valence-electron chi connectivity index (χ2n) is 4.57. The lowest BCUT2D eigenvalue weighted by atomic mass is 10.2. The average molecular weight is 272 g/mol. The van der Waals surface area contributed by atoms with Crippen LogP contribution in [-0.4, -0.2) is 23.1 Å². The van der Waals surface area contributed by atoms with E-state index in [-0.39, 0.29) is 0 Å². The Kier molecular flexibility index (Phi) is 4.76. The fourth-order valence-electron chi connectivity index (χ4n) is 1.66. The predicted molar refractivity (Wildman–Crippen MR) is 81.7 cm³/mol. The van der Waals surface area contributed by atoms with Crippen molar-refractivity contribution in [3.05, 3.63) is 36.5 Å². The molecule has 2 N–H and O–H groups in total. The number of benzene rings is 1. The van der Waals surface area contributed by atoms with Crippen molar-refractivity contribution in [2.24, 2.45) is 0 Å². The van der Waals surface area contributed by atoms with E-state index in [9.17, 15) is 0 Å². The summed E-state index contributed by atoms with van der Waals surface area (Å²) in [6, 6.07) is 9.89. The molecule has 1 unspecified atom stereocenters. The van der Waals surface area contributed by atoms with Gasteiger partial charge in [0.1, 0.15) is 11.6 Å². The highest BCUT2D eigenvalue weighted by molar-refractivity contribution is 5.55. The van der Waals surface area contributed by atoms with E-state index in [0.29, 0.717) is 12.0 Å². The van der Waals surface area contributed by atoms with Crippen LogP contribution in [0.25, 0.3) is 0 Å². The van der Waals surface area contributed by atoms with Crippen LogP contribution in [0.5, 0.6) is 5.75 Å². The molecule has 0 saturated heterocycles. The largest absolute Gasteiger partial charge is 0.497 e. The van der Waals surface area contributed by atoms with Crippen LogP contribution in [-0.2, 0) is 0 Å². The summed E-state index contributed by atoms with van der Waals surface area (Å²) in [4.78, 5) is 8.65. The summed E-state index contributed by atoms with van der Waals surface area (Å²) in [5.74, 6) is 2.22. The zero-order valence-electron chi connectivity index (χ0n) is 12.1. The molecule has 1 aromatic heterocycles. The van der Waals surface area contributed by atoms with Gasteiger partial charge in [0.25, 0.3) is 0 Å². The lowest BCUT2D eigenvalue weighted by molar-refractivity contribution is 0.415. The molecule has 0 saturated carbocycles. The number of nitrogens with zero attached hydrogens (tertiary/aromatic N) is 2. The summed E-state index contributed by atoms with van der Waals surface area (Å²) in [5.41, 5.74) is 0.923. The zero-order chi connectivity index (χ0) is 14.4. The van der Waals surface area contributed by atoms with Crippen LogP contribution in [0.4, 0.5) is 17.5 Å². The smallest absolute Gasteiger partial charge is 0.229 e. The van der Waals surface area contributed by atoms with Gasteiger partial charge in [-0.2, -0.15) is 4.98 Å². The van der Waals surface area contributed by atoms with E-state index in [0.717, 1.165) is 23.7 Å². The number of rotatable bonds is 6. The number of aromatic nitrogens is 2. The summed E-state index contributed by atoms with van der Waals surface area (Å²) >= 11 is 0. The van der Waals surface area contributed by atoms with Crippen LogP contribution in [0.15, 0.2) is 36.5 Å². The number of hydrogen-bond donors (Lipinski definition) is 2. The molecule has 0 radical (unpaired) electrons. The maximum atomic E-state index is 5.13. The second kappa shape index (κ2) is 6.75. The lowest BCUT2D eigenvalue weighted by Gasteiger charge is -2.13. The Morgan fingerprint density at radius 2 is 1.95 bits per heavy atom. The molecule has 106 valence electrons. The molecule has 1 heterocycles. The maximum absolute atomic E-state index is 5.13. The number of anilines is 3. The normalized spacial score (nSPS) is 11.8. The van der Waals surface area contributed by atoms with Crippen LogP contribution in [0.1, 0.15) is 20.3 Å². The SMILES string of the molecule is CCC(C)Nc1ccnc(Nc2ccc(OC)cc2)n1. The van der Waals surface area contributed by atoms with Gasteiger partial charge in [0.2, 0.25) is 5.95 Å². The molecule has 5 nitrogen and oxygen atoms in total. The first-order valence-electron chi connectivity index (χ1n) is 6.72. The minimum atomic E-state index is 0.388. The molecule has 2 rings (SSSR count). The molecule has 0 aliphatic carbocycles. The lowest BCUT2D eigenvalue weighted by Crippen LogP contribution is -2.14. The predicted octanol–water partition coefficient (Wildman–Crippen LogP) is 3.44.